The second kappa shape index (κ2) is 9.28. The molecule has 0 aliphatic rings. The van der Waals surface area contributed by atoms with Crippen LogP contribution in [0.2, 0.25) is 0 Å². The minimum atomic E-state index is -0.271. The monoisotopic (exact) mass is 292 g/mol. The summed E-state index contributed by atoms with van der Waals surface area (Å²) in [6.07, 6.45) is 8.45. The van der Waals surface area contributed by atoms with Gasteiger partial charge in [0.05, 0.1) is 13.2 Å². The lowest BCUT2D eigenvalue weighted by atomic mass is 9.92. The molecule has 0 fully saturated rings. The minimum Gasteiger partial charge on any atom is -0.490 e. The van der Waals surface area contributed by atoms with E-state index in [2.05, 4.69) is 5.92 Å². The summed E-state index contributed by atoms with van der Waals surface area (Å²) in [6.45, 7) is 7.18. The minimum absolute atomic E-state index is 0.0131. The Kier molecular flexibility index (Phi) is 7.68. The average molecular weight is 292 g/mol. The van der Waals surface area contributed by atoms with Crippen LogP contribution in [0, 0.1) is 18.2 Å². The summed E-state index contributed by atoms with van der Waals surface area (Å²) >= 11 is 0. The van der Waals surface area contributed by atoms with Gasteiger partial charge in [-0.1, -0.05) is 20.8 Å². The Labute approximate surface area is 127 Å². The Hall–Kier alpha value is -1.69. The molecule has 0 aliphatic heterocycles. The Bertz CT molecular complexity index is 477. The van der Waals surface area contributed by atoms with Crippen LogP contribution in [0.4, 0.5) is 4.39 Å². The zero-order valence-corrected chi connectivity index (χ0v) is 13.2. The van der Waals surface area contributed by atoms with E-state index in [1.165, 1.54) is 6.07 Å². The van der Waals surface area contributed by atoms with E-state index >= 15 is 0 Å². The molecule has 21 heavy (non-hydrogen) atoms. The van der Waals surface area contributed by atoms with E-state index in [-0.39, 0.29) is 11.7 Å². The first-order chi connectivity index (χ1) is 10.2. The standard InChI is InChI=1S/C18H25FO2/c1-5-9-14(8-4)15-12-17(20-10-6-2)18(13-16(15)19)21-11-7-3/h1,12-14H,6-11H2,2-4H3. The molecule has 0 aromatic heterocycles. The molecule has 1 aromatic carbocycles. The molecule has 3 heteroatoms. The fraction of sp³-hybridized carbons (Fsp3) is 0.556. The number of hydrogen-bond acceptors (Lipinski definition) is 2. The second-order valence-electron chi connectivity index (χ2n) is 5.03. The van der Waals surface area contributed by atoms with Crippen molar-refractivity contribution in [2.24, 2.45) is 0 Å². The van der Waals surface area contributed by atoms with E-state index in [4.69, 9.17) is 15.9 Å². The third kappa shape index (κ3) is 4.97. The molecule has 0 radical (unpaired) electrons. The van der Waals surface area contributed by atoms with E-state index in [0.717, 1.165) is 19.3 Å². The number of halogens is 1. The van der Waals surface area contributed by atoms with Gasteiger partial charge in [0.15, 0.2) is 11.5 Å². The van der Waals surface area contributed by atoms with Crippen molar-refractivity contribution in [1.82, 2.24) is 0 Å². The number of hydrogen-bond donors (Lipinski definition) is 0. The average Bonchev–Trinajstić information content (AvgIpc) is 2.49. The predicted molar refractivity (Wildman–Crippen MR) is 84.5 cm³/mol. The molecule has 0 saturated carbocycles. The third-order valence-corrected chi connectivity index (χ3v) is 3.28. The van der Waals surface area contributed by atoms with Crippen molar-refractivity contribution in [3.63, 3.8) is 0 Å². The summed E-state index contributed by atoms with van der Waals surface area (Å²) in [5.74, 6) is 3.44. The molecule has 0 heterocycles. The summed E-state index contributed by atoms with van der Waals surface area (Å²) in [6, 6.07) is 3.18. The highest BCUT2D eigenvalue weighted by atomic mass is 19.1. The first kappa shape index (κ1) is 17.4. The normalized spacial score (nSPS) is 11.8. The molecule has 1 unspecified atom stereocenters. The van der Waals surface area contributed by atoms with Gasteiger partial charge in [-0.3, -0.25) is 0 Å². The SMILES string of the molecule is C#CCC(CC)c1cc(OCCC)c(OCCC)cc1F. The largest absolute Gasteiger partial charge is 0.490 e. The van der Waals surface area contributed by atoms with Gasteiger partial charge in [0.25, 0.3) is 0 Å². The van der Waals surface area contributed by atoms with Gasteiger partial charge >= 0.3 is 0 Å². The Morgan fingerprint density at radius 1 is 1.10 bits per heavy atom. The van der Waals surface area contributed by atoms with Gasteiger partial charge in [0, 0.05) is 12.5 Å². The van der Waals surface area contributed by atoms with Crippen molar-refractivity contribution in [3.05, 3.63) is 23.5 Å². The lowest BCUT2D eigenvalue weighted by Gasteiger charge is -2.18. The van der Waals surface area contributed by atoms with Crippen molar-refractivity contribution in [2.45, 2.75) is 52.4 Å². The maximum absolute atomic E-state index is 14.3. The number of rotatable bonds is 9. The Morgan fingerprint density at radius 2 is 1.67 bits per heavy atom. The van der Waals surface area contributed by atoms with Gasteiger partial charge in [-0.25, -0.2) is 4.39 Å². The van der Waals surface area contributed by atoms with Crippen molar-refractivity contribution in [2.75, 3.05) is 13.2 Å². The summed E-state index contributed by atoms with van der Waals surface area (Å²) in [4.78, 5) is 0. The van der Waals surface area contributed by atoms with Crippen LogP contribution >= 0.6 is 0 Å². The molecule has 0 N–H and O–H groups in total. The number of terminal acetylenes is 1. The van der Waals surface area contributed by atoms with Crippen LogP contribution in [-0.2, 0) is 0 Å². The fourth-order valence-corrected chi connectivity index (χ4v) is 2.13. The van der Waals surface area contributed by atoms with Gasteiger partial charge in [-0.2, -0.15) is 0 Å². The zero-order chi connectivity index (χ0) is 15.7. The van der Waals surface area contributed by atoms with Crippen LogP contribution < -0.4 is 9.47 Å². The molecule has 0 amide bonds. The molecule has 1 aromatic rings. The quantitative estimate of drug-likeness (QED) is 0.601. The fourth-order valence-electron chi connectivity index (χ4n) is 2.13. The van der Waals surface area contributed by atoms with Crippen molar-refractivity contribution >= 4 is 0 Å². The smallest absolute Gasteiger partial charge is 0.164 e. The summed E-state index contributed by atoms with van der Waals surface area (Å²) in [5, 5.41) is 0. The molecular weight excluding hydrogens is 267 g/mol. The van der Waals surface area contributed by atoms with Crippen LogP contribution in [0.15, 0.2) is 12.1 Å². The maximum atomic E-state index is 14.3. The highest BCUT2D eigenvalue weighted by Crippen LogP contribution is 2.35. The molecule has 0 aliphatic carbocycles. The van der Waals surface area contributed by atoms with Crippen LogP contribution in [0.5, 0.6) is 11.5 Å². The van der Waals surface area contributed by atoms with Crippen LogP contribution in [0.3, 0.4) is 0 Å². The van der Waals surface area contributed by atoms with Gasteiger partial charge in [-0.05, 0) is 36.8 Å². The zero-order valence-electron chi connectivity index (χ0n) is 13.2. The molecule has 0 bridgehead atoms. The number of benzene rings is 1. The van der Waals surface area contributed by atoms with E-state index in [0.29, 0.717) is 36.7 Å². The third-order valence-electron chi connectivity index (χ3n) is 3.28. The highest BCUT2D eigenvalue weighted by Gasteiger charge is 2.18. The first-order valence-electron chi connectivity index (χ1n) is 7.70. The lowest BCUT2D eigenvalue weighted by Crippen LogP contribution is -2.06. The summed E-state index contributed by atoms with van der Waals surface area (Å²) in [7, 11) is 0. The maximum Gasteiger partial charge on any atom is 0.164 e. The molecule has 1 rings (SSSR count). The van der Waals surface area contributed by atoms with Crippen molar-refractivity contribution in [3.8, 4) is 23.8 Å². The molecule has 0 saturated heterocycles. The Morgan fingerprint density at radius 3 is 2.14 bits per heavy atom. The molecule has 2 nitrogen and oxygen atoms in total. The van der Waals surface area contributed by atoms with Crippen LogP contribution in [0.1, 0.15) is 57.9 Å². The van der Waals surface area contributed by atoms with Gasteiger partial charge in [0.2, 0.25) is 0 Å². The van der Waals surface area contributed by atoms with E-state index < -0.39 is 0 Å². The Balaban J connectivity index is 3.12. The van der Waals surface area contributed by atoms with E-state index in [1.54, 1.807) is 6.07 Å². The molecule has 0 spiro atoms. The number of ether oxygens (including phenoxy) is 2. The van der Waals surface area contributed by atoms with E-state index in [1.807, 2.05) is 20.8 Å². The van der Waals surface area contributed by atoms with Crippen molar-refractivity contribution in [1.29, 1.82) is 0 Å². The summed E-state index contributed by atoms with van der Waals surface area (Å²) < 4.78 is 25.6. The van der Waals surface area contributed by atoms with Crippen LogP contribution in [0.25, 0.3) is 0 Å². The highest BCUT2D eigenvalue weighted by molar-refractivity contribution is 5.45. The van der Waals surface area contributed by atoms with Gasteiger partial charge < -0.3 is 9.47 Å². The second-order valence-corrected chi connectivity index (χ2v) is 5.03. The van der Waals surface area contributed by atoms with Gasteiger partial charge in [-0.15, -0.1) is 12.3 Å². The summed E-state index contributed by atoms with van der Waals surface area (Å²) in [5.41, 5.74) is 0.616. The first-order valence-corrected chi connectivity index (χ1v) is 7.70. The van der Waals surface area contributed by atoms with Crippen molar-refractivity contribution < 1.29 is 13.9 Å². The predicted octanol–water partition coefficient (Wildman–Crippen LogP) is 4.92. The van der Waals surface area contributed by atoms with Crippen LogP contribution in [-0.4, -0.2) is 13.2 Å². The van der Waals surface area contributed by atoms with E-state index in [9.17, 15) is 4.39 Å². The lowest BCUT2D eigenvalue weighted by molar-refractivity contribution is 0.266. The van der Waals surface area contributed by atoms with Gasteiger partial charge in [0.1, 0.15) is 5.82 Å². The molecule has 1 atom stereocenters. The molecule has 116 valence electrons. The molecular formula is C18H25FO2. The topological polar surface area (TPSA) is 18.5 Å².